The van der Waals surface area contributed by atoms with Crippen LogP contribution < -0.4 is 5.32 Å². The Hall–Kier alpha value is -2.47. The molecule has 0 saturated heterocycles. The minimum absolute atomic E-state index is 0.0437. The van der Waals surface area contributed by atoms with Gasteiger partial charge >= 0.3 is 0 Å². The van der Waals surface area contributed by atoms with Crippen molar-refractivity contribution in [1.82, 2.24) is 20.1 Å². The quantitative estimate of drug-likeness (QED) is 0.787. The van der Waals surface area contributed by atoms with Gasteiger partial charge < -0.3 is 5.32 Å². The first-order valence-corrected chi connectivity index (χ1v) is 7.51. The van der Waals surface area contributed by atoms with Crippen LogP contribution >= 0.6 is 11.3 Å². The van der Waals surface area contributed by atoms with Gasteiger partial charge in [0.15, 0.2) is 0 Å². The molecule has 0 saturated carbocycles. The molecule has 0 atom stereocenters. The maximum Gasteiger partial charge on any atom is 0.252 e. The van der Waals surface area contributed by atoms with Gasteiger partial charge in [0.1, 0.15) is 0 Å². The van der Waals surface area contributed by atoms with E-state index in [4.69, 9.17) is 0 Å². The van der Waals surface area contributed by atoms with Gasteiger partial charge in [-0.2, -0.15) is 16.4 Å². The molecular weight excluding hydrogens is 284 g/mol. The Morgan fingerprint density at radius 3 is 2.86 bits per heavy atom. The van der Waals surface area contributed by atoms with Gasteiger partial charge in [0.25, 0.3) is 5.91 Å². The van der Waals surface area contributed by atoms with E-state index in [1.54, 1.807) is 12.4 Å². The second kappa shape index (κ2) is 6.32. The van der Waals surface area contributed by atoms with Gasteiger partial charge in [-0.1, -0.05) is 0 Å². The van der Waals surface area contributed by atoms with Crippen LogP contribution in [0.1, 0.15) is 10.4 Å². The number of pyridine rings is 1. The van der Waals surface area contributed by atoms with E-state index in [9.17, 15) is 4.79 Å². The minimum Gasteiger partial charge on any atom is -0.350 e. The average Bonchev–Trinajstić information content (AvgIpc) is 3.20. The highest BCUT2D eigenvalue weighted by Gasteiger charge is 2.05. The molecule has 0 unspecified atom stereocenters. The molecule has 0 aromatic carbocycles. The lowest BCUT2D eigenvalue weighted by Gasteiger charge is -2.04. The summed E-state index contributed by atoms with van der Waals surface area (Å²) in [4.78, 5) is 15.8. The largest absolute Gasteiger partial charge is 0.350 e. The zero-order chi connectivity index (χ0) is 14.5. The first-order valence-electron chi connectivity index (χ1n) is 6.57. The second-order valence-corrected chi connectivity index (χ2v) is 5.25. The van der Waals surface area contributed by atoms with E-state index in [0.29, 0.717) is 18.7 Å². The van der Waals surface area contributed by atoms with Gasteiger partial charge in [-0.15, -0.1) is 0 Å². The van der Waals surface area contributed by atoms with Crippen LogP contribution in [0.4, 0.5) is 0 Å². The number of hydrogen-bond donors (Lipinski definition) is 1. The van der Waals surface area contributed by atoms with E-state index in [-0.39, 0.29) is 5.91 Å². The Balaban J connectivity index is 1.55. The molecule has 0 aliphatic heterocycles. The molecule has 3 aromatic rings. The summed E-state index contributed by atoms with van der Waals surface area (Å²) < 4.78 is 1.82. The molecule has 5 nitrogen and oxygen atoms in total. The summed E-state index contributed by atoms with van der Waals surface area (Å²) in [6.45, 7) is 1.19. The zero-order valence-electron chi connectivity index (χ0n) is 11.3. The molecule has 21 heavy (non-hydrogen) atoms. The van der Waals surface area contributed by atoms with Crippen LogP contribution in [-0.2, 0) is 6.54 Å². The molecule has 6 heteroatoms. The number of hydrogen-bond acceptors (Lipinski definition) is 4. The predicted molar refractivity (Wildman–Crippen MR) is 82.1 cm³/mol. The Labute approximate surface area is 126 Å². The lowest BCUT2D eigenvalue weighted by Crippen LogP contribution is -2.26. The fraction of sp³-hybridized carbons (Fsp3) is 0.133. The fourth-order valence-corrected chi connectivity index (χ4v) is 2.58. The molecule has 3 heterocycles. The molecule has 0 aliphatic carbocycles. The summed E-state index contributed by atoms with van der Waals surface area (Å²) in [6, 6.07) is 7.61. The van der Waals surface area contributed by atoms with Crippen molar-refractivity contribution >= 4 is 17.2 Å². The number of carbonyl (C=O) groups excluding carboxylic acids is 1. The normalized spacial score (nSPS) is 10.5. The number of nitrogens with one attached hydrogen (secondary N) is 1. The Bertz CT molecular complexity index is 706. The number of thiophene rings is 1. The van der Waals surface area contributed by atoms with Gasteiger partial charge in [0.2, 0.25) is 0 Å². The third kappa shape index (κ3) is 3.35. The number of nitrogens with zero attached hydrogens (tertiary/aromatic N) is 3. The van der Waals surface area contributed by atoms with Gasteiger partial charge in [-0.3, -0.25) is 14.5 Å². The standard InChI is InChI=1S/C15H14N4OS/c20-15(13-4-10-21-11-13)17-7-9-19-8-3-14(18-19)12-1-5-16-6-2-12/h1-6,8,10-11H,7,9H2,(H,17,20). The molecule has 3 aromatic heterocycles. The second-order valence-electron chi connectivity index (χ2n) is 4.47. The SMILES string of the molecule is O=C(NCCn1ccc(-c2ccncc2)n1)c1ccsc1. The maximum atomic E-state index is 11.8. The summed E-state index contributed by atoms with van der Waals surface area (Å²) in [5, 5.41) is 11.1. The van der Waals surface area contributed by atoms with Crippen molar-refractivity contribution in [1.29, 1.82) is 0 Å². The summed E-state index contributed by atoms with van der Waals surface area (Å²) in [7, 11) is 0. The van der Waals surface area contributed by atoms with E-state index in [1.165, 1.54) is 11.3 Å². The molecule has 0 bridgehead atoms. The van der Waals surface area contributed by atoms with E-state index in [2.05, 4.69) is 15.4 Å². The van der Waals surface area contributed by atoms with Crippen LogP contribution in [0.5, 0.6) is 0 Å². The maximum absolute atomic E-state index is 11.8. The van der Waals surface area contributed by atoms with E-state index >= 15 is 0 Å². The van der Waals surface area contributed by atoms with Crippen LogP contribution in [-0.4, -0.2) is 27.2 Å². The highest BCUT2D eigenvalue weighted by molar-refractivity contribution is 7.08. The van der Waals surface area contributed by atoms with Crippen molar-refractivity contribution in [3.63, 3.8) is 0 Å². The number of rotatable bonds is 5. The van der Waals surface area contributed by atoms with Crippen LogP contribution in [0.3, 0.4) is 0 Å². The summed E-state index contributed by atoms with van der Waals surface area (Å²) in [5.74, 6) is -0.0437. The first kappa shape index (κ1) is 13.5. The minimum atomic E-state index is -0.0437. The summed E-state index contributed by atoms with van der Waals surface area (Å²) >= 11 is 1.52. The molecule has 0 fully saturated rings. The van der Waals surface area contributed by atoms with Crippen molar-refractivity contribution in [2.24, 2.45) is 0 Å². The van der Waals surface area contributed by atoms with Crippen molar-refractivity contribution in [2.45, 2.75) is 6.54 Å². The summed E-state index contributed by atoms with van der Waals surface area (Å²) in [6.07, 6.45) is 5.40. The van der Waals surface area contributed by atoms with Gasteiger partial charge in [0, 0.05) is 41.6 Å². The predicted octanol–water partition coefficient (Wildman–Crippen LogP) is 2.44. The number of amides is 1. The van der Waals surface area contributed by atoms with Crippen molar-refractivity contribution in [2.75, 3.05) is 6.54 Å². The number of carbonyl (C=O) groups is 1. The fourth-order valence-electron chi connectivity index (χ4n) is 1.94. The van der Waals surface area contributed by atoms with Crippen LogP contribution in [0.25, 0.3) is 11.3 Å². The van der Waals surface area contributed by atoms with Crippen LogP contribution in [0, 0.1) is 0 Å². The van der Waals surface area contributed by atoms with Gasteiger partial charge in [-0.25, -0.2) is 0 Å². The lowest BCUT2D eigenvalue weighted by molar-refractivity contribution is 0.0952. The molecule has 0 spiro atoms. The van der Waals surface area contributed by atoms with Gasteiger partial charge in [0.05, 0.1) is 12.2 Å². The van der Waals surface area contributed by atoms with Crippen molar-refractivity contribution in [3.8, 4) is 11.3 Å². The third-order valence-electron chi connectivity index (χ3n) is 3.03. The topological polar surface area (TPSA) is 59.8 Å². The Morgan fingerprint density at radius 2 is 2.10 bits per heavy atom. The van der Waals surface area contributed by atoms with Crippen molar-refractivity contribution in [3.05, 3.63) is 59.2 Å². The first-order chi connectivity index (χ1) is 10.3. The average molecular weight is 298 g/mol. The smallest absolute Gasteiger partial charge is 0.252 e. The zero-order valence-corrected chi connectivity index (χ0v) is 12.1. The molecule has 3 rings (SSSR count). The molecule has 1 N–H and O–H groups in total. The molecule has 1 amide bonds. The third-order valence-corrected chi connectivity index (χ3v) is 3.71. The highest BCUT2D eigenvalue weighted by atomic mass is 32.1. The Morgan fingerprint density at radius 1 is 1.24 bits per heavy atom. The number of aromatic nitrogens is 3. The van der Waals surface area contributed by atoms with E-state index in [1.807, 2.05) is 45.9 Å². The molecule has 0 radical (unpaired) electrons. The summed E-state index contributed by atoms with van der Waals surface area (Å²) in [5.41, 5.74) is 2.64. The molecule has 0 aliphatic rings. The van der Waals surface area contributed by atoms with E-state index < -0.39 is 0 Å². The van der Waals surface area contributed by atoms with Gasteiger partial charge in [-0.05, 0) is 29.6 Å². The highest BCUT2D eigenvalue weighted by Crippen LogP contribution is 2.14. The molecular formula is C15H14N4OS. The van der Waals surface area contributed by atoms with Crippen LogP contribution in [0.15, 0.2) is 53.6 Å². The monoisotopic (exact) mass is 298 g/mol. The molecule has 106 valence electrons. The van der Waals surface area contributed by atoms with Crippen molar-refractivity contribution < 1.29 is 4.79 Å². The van der Waals surface area contributed by atoms with E-state index in [0.717, 1.165) is 11.3 Å². The lowest BCUT2D eigenvalue weighted by atomic mass is 10.2. The van der Waals surface area contributed by atoms with Crippen LogP contribution in [0.2, 0.25) is 0 Å². The Kier molecular flexibility index (Phi) is 4.07.